The summed E-state index contributed by atoms with van der Waals surface area (Å²) in [5.74, 6) is -0.671. The first-order chi connectivity index (χ1) is 42.9. The average molecular weight is 1310 g/mol. The highest BCUT2D eigenvalue weighted by atomic mass is 31.2. The number of rotatable bonds is 69. The Hall–Kier alpha value is -1.94. The second-order valence-electron chi connectivity index (χ2n) is 26.2. The van der Waals surface area contributed by atoms with Gasteiger partial charge >= 0.3 is 39.5 Å². The van der Waals surface area contributed by atoms with Crippen molar-refractivity contribution in [3.05, 3.63) is 0 Å². The highest BCUT2D eigenvalue weighted by molar-refractivity contribution is 7.47. The van der Waals surface area contributed by atoms with Crippen LogP contribution in [-0.4, -0.2) is 96.7 Å². The SMILES string of the molecule is CCCCCCCCCCCCCCCCCCCCCCC(=O)O[C@H](COC(=O)CCCCCCCCCCCCCC(C)C)COP(=O)(O)OC[C@@H](O)COP(=O)(O)OC[C@@H](COC(=O)CCCCCCC)OC(=O)CCCCCCCCCC(C)C. The van der Waals surface area contributed by atoms with E-state index in [1.807, 2.05) is 0 Å². The van der Waals surface area contributed by atoms with Gasteiger partial charge in [0.2, 0.25) is 0 Å². The van der Waals surface area contributed by atoms with Crippen LogP contribution in [0.1, 0.15) is 356 Å². The van der Waals surface area contributed by atoms with E-state index in [1.54, 1.807) is 0 Å². The van der Waals surface area contributed by atoms with E-state index in [0.29, 0.717) is 31.6 Å². The van der Waals surface area contributed by atoms with Crippen molar-refractivity contribution >= 4 is 39.5 Å². The van der Waals surface area contributed by atoms with Gasteiger partial charge < -0.3 is 33.8 Å². The molecule has 0 spiro atoms. The van der Waals surface area contributed by atoms with Crippen LogP contribution >= 0.6 is 15.6 Å². The zero-order valence-electron chi connectivity index (χ0n) is 57.7. The first kappa shape index (κ1) is 87.1. The van der Waals surface area contributed by atoms with Crippen molar-refractivity contribution in [2.24, 2.45) is 11.8 Å². The molecule has 0 fully saturated rings. The second kappa shape index (κ2) is 62.2. The Morgan fingerprint density at radius 1 is 0.303 bits per heavy atom. The summed E-state index contributed by atoms with van der Waals surface area (Å²) >= 11 is 0. The van der Waals surface area contributed by atoms with Crippen LogP contribution in [0.15, 0.2) is 0 Å². The molecule has 5 atom stereocenters. The molecule has 0 aromatic rings. The van der Waals surface area contributed by atoms with E-state index in [-0.39, 0.29) is 25.7 Å². The molecule has 3 N–H and O–H groups in total. The summed E-state index contributed by atoms with van der Waals surface area (Å²) in [6.07, 6.45) is 47.8. The molecule has 0 saturated carbocycles. The van der Waals surface area contributed by atoms with Crippen molar-refractivity contribution in [2.75, 3.05) is 39.6 Å². The Bertz CT molecular complexity index is 1730. The minimum absolute atomic E-state index is 0.103. The van der Waals surface area contributed by atoms with E-state index in [1.165, 1.54) is 167 Å². The van der Waals surface area contributed by atoms with E-state index in [4.69, 9.17) is 37.0 Å². The van der Waals surface area contributed by atoms with E-state index in [2.05, 4.69) is 41.5 Å². The Morgan fingerprint density at radius 2 is 0.517 bits per heavy atom. The van der Waals surface area contributed by atoms with Crippen LogP contribution in [0, 0.1) is 11.8 Å². The molecular weight excluding hydrogens is 1170 g/mol. The normalized spacial score (nSPS) is 14.1. The highest BCUT2D eigenvalue weighted by Crippen LogP contribution is 2.45. The molecule has 0 amide bonds. The van der Waals surface area contributed by atoms with E-state index in [0.717, 1.165) is 102 Å². The zero-order valence-corrected chi connectivity index (χ0v) is 59.5. The predicted molar refractivity (Wildman–Crippen MR) is 358 cm³/mol. The zero-order chi connectivity index (χ0) is 65.7. The monoisotopic (exact) mass is 1310 g/mol. The number of ether oxygens (including phenoxy) is 4. The number of carbonyl (C=O) groups is 4. The van der Waals surface area contributed by atoms with Crippen LogP contribution in [-0.2, 0) is 65.4 Å². The van der Waals surface area contributed by atoms with Crippen molar-refractivity contribution in [2.45, 2.75) is 374 Å². The minimum atomic E-state index is -4.95. The number of hydrogen-bond donors (Lipinski definition) is 3. The fourth-order valence-electron chi connectivity index (χ4n) is 10.6. The molecule has 0 aromatic heterocycles. The largest absolute Gasteiger partial charge is 0.472 e. The number of phosphoric ester groups is 2. The maximum Gasteiger partial charge on any atom is 0.472 e. The molecular formula is C70H136O17P2. The molecule has 0 bridgehead atoms. The van der Waals surface area contributed by atoms with Crippen molar-refractivity contribution in [3.8, 4) is 0 Å². The number of aliphatic hydroxyl groups is 1. The van der Waals surface area contributed by atoms with Gasteiger partial charge in [-0.15, -0.1) is 0 Å². The summed E-state index contributed by atoms with van der Waals surface area (Å²) < 4.78 is 68.0. The molecule has 89 heavy (non-hydrogen) atoms. The lowest BCUT2D eigenvalue weighted by Gasteiger charge is -2.21. The van der Waals surface area contributed by atoms with Crippen LogP contribution in [0.2, 0.25) is 0 Å². The van der Waals surface area contributed by atoms with Crippen molar-refractivity contribution in [3.63, 3.8) is 0 Å². The number of phosphoric acid groups is 2. The second-order valence-corrected chi connectivity index (χ2v) is 29.1. The predicted octanol–water partition coefficient (Wildman–Crippen LogP) is 20.0. The number of esters is 4. The van der Waals surface area contributed by atoms with Crippen LogP contribution in [0.4, 0.5) is 0 Å². The van der Waals surface area contributed by atoms with Gasteiger partial charge in [-0.1, -0.05) is 305 Å². The molecule has 2 unspecified atom stereocenters. The maximum atomic E-state index is 13.0. The summed E-state index contributed by atoms with van der Waals surface area (Å²) in [7, 11) is -9.89. The molecule has 0 rings (SSSR count). The lowest BCUT2D eigenvalue weighted by molar-refractivity contribution is -0.161. The van der Waals surface area contributed by atoms with Gasteiger partial charge in [-0.05, 0) is 37.5 Å². The summed E-state index contributed by atoms with van der Waals surface area (Å²) in [6, 6.07) is 0. The minimum Gasteiger partial charge on any atom is -0.462 e. The van der Waals surface area contributed by atoms with Gasteiger partial charge in [-0.25, -0.2) is 9.13 Å². The maximum absolute atomic E-state index is 13.0. The third kappa shape index (κ3) is 64.6. The first-order valence-corrected chi connectivity index (χ1v) is 39.5. The smallest absolute Gasteiger partial charge is 0.462 e. The van der Waals surface area contributed by atoms with Crippen LogP contribution in [0.5, 0.6) is 0 Å². The Kier molecular flexibility index (Phi) is 60.8. The summed E-state index contributed by atoms with van der Waals surface area (Å²) in [4.78, 5) is 72.2. The van der Waals surface area contributed by atoms with Gasteiger partial charge in [0.25, 0.3) is 0 Å². The van der Waals surface area contributed by atoms with E-state index >= 15 is 0 Å². The Morgan fingerprint density at radius 3 is 0.764 bits per heavy atom. The molecule has 0 aliphatic carbocycles. The fraction of sp³-hybridized carbons (Fsp3) is 0.943. The van der Waals surface area contributed by atoms with Crippen molar-refractivity contribution in [1.29, 1.82) is 0 Å². The third-order valence-electron chi connectivity index (χ3n) is 16.2. The van der Waals surface area contributed by atoms with Crippen molar-refractivity contribution in [1.82, 2.24) is 0 Å². The molecule has 0 aliphatic rings. The van der Waals surface area contributed by atoms with Crippen molar-refractivity contribution < 1.29 is 80.2 Å². The molecule has 0 aromatic carbocycles. The number of hydrogen-bond acceptors (Lipinski definition) is 15. The number of unbranched alkanes of at least 4 members (excludes halogenated alkanes) is 39. The van der Waals surface area contributed by atoms with Gasteiger partial charge in [0.1, 0.15) is 19.3 Å². The van der Waals surface area contributed by atoms with Gasteiger partial charge in [0, 0.05) is 25.7 Å². The highest BCUT2D eigenvalue weighted by Gasteiger charge is 2.30. The fourth-order valence-corrected chi connectivity index (χ4v) is 12.2. The standard InChI is InChI=1S/C70H136O17P2/c1-7-9-11-13-14-15-16-17-18-19-20-21-22-23-24-27-31-36-42-48-54-69(74)87-66(59-81-68(73)53-47-41-35-30-28-25-26-29-33-39-44-50-62(3)4)61-85-89(78,79)83-57-64(71)56-82-88(76,77)84-60-65(58-80-67(72)52-46-38-12-10-8-2)86-70(75)55-49-43-37-32-34-40-45-51-63(5)6/h62-66,71H,7-61H2,1-6H3,(H,76,77)(H,78,79)/t64-,65+,66+/m0/s1. The van der Waals surface area contributed by atoms with Crippen LogP contribution in [0.3, 0.4) is 0 Å². The molecule has 0 saturated heterocycles. The van der Waals surface area contributed by atoms with Crippen LogP contribution in [0.25, 0.3) is 0 Å². The summed E-state index contributed by atoms with van der Waals surface area (Å²) in [5.41, 5.74) is 0. The van der Waals surface area contributed by atoms with Gasteiger partial charge in [-0.2, -0.15) is 0 Å². The number of aliphatic hydroxyl groups excluding tert-OH is 1. The topological polar surface area (TPSA) is 237 Å². The Labute approximate surface area is 543 Å². The lowest BCUT2D eigenvalue weighted by atomic mass is 10.0. The molecule has 17 nitrogen and oxygen atoms in total. The Balaban J connectivity index is 5.13. The molecule has 0 aliphatic heterocycles. The molecule has 0 radical (unpaired) electrons. The van der Waals surface area contributed by atoms with E-state index < -0.39 is 97.5 Å². The van der Waals surface area contributed by atoms with E-state index in [9.17, 15) is 43.2 Å². The summed E-state index contributed by atoms with van der Waals surface area (Å²) in [6.45, 7) is 9.39. The first-order valence-electron chi connectivity index (χ1n) is 36.5. The summed E-state index contributed by atoms with van der Waals surface area (Å²) in [5, 5.41) is 10.5. The van der Waals surface area contributed by atoms with Crippen LogP contribution < -0.4 is 0 Å². The molecule has 19 heteroatoms. The lowest BCUT2D eigenvalue weighted by Crippen LogP contribution is -2.30. The van der Waals surface area contributed by atoms with Gasteiger partial charge in [0.05, 0.1) is 26.4 Å². The number of carbonyl (C=O) groups excluding carboxylic acids is 4. The quantitative estimate of drug-likeness (QED) is 0.0222. The third-order valence-corrected chi connectivity index (χ3v) is 18.1. The molecule has 0 heterocycles. The van der Waals surface area contributed by atoms with Gasteiger partial charge in [-0.3, -0.25) is 37.3 Å². The molecule has 528 valence electrons. The van der Waals surface area contributed by atoms with Gasteiger partial charge in [0.15, 0.2) is 12.2 Å². The average Bonchev–Trinajstić information content (AvgIpc) is 3.58.